The van der Waals surface area contributed by atoms with Crippen LogP contribution in [0.5, 0.6) is 0 Å². The Labute approximate surface area is 54.2 Å². The Bertz CT molecular complexity index is 197. The molecule has 52 valence electrons. The van der Waals surface area contributed by atoms with E-state index in [2.05, 4.69) is 0 Å². The summed E-state index contributed by atoms with van der Waals surface area (Å²) in [6.07, 6.45) is 0. The van der Waals surface area contributed by atoms with Crippen LogP contribution in [0.3, 0.4) is 0 Å². The summed E-state index contributed by atoms with van der Waals surface area (Å²) >= 11 is 0. The Balaban J connectivity index is 2.20. The van der Waals surface area contributed by atoms with Crippen molar-refractivity contribution in [2.24, 2.45) is 0 Å². The second-order valence-corrected chi connectivity index (χ2v) is 4.23. The third-order valence-corrected chi connectivity index (χ3v) is 3.50. The standard InChI is InChI=1S/C4H8N2O2S/c7-9(8,5-1-2-5)6-3-4-6/h1-4H2. The second kappa shape index (κ2) is 1.47. The maximum atomic E-state index is 11.0. The molecule has 0 aromatic rings. The summed E-state index contributed by atoms with van der Waals surface area (Å²) in [5.41, 5.74) is 0. The smallest absolute Gasteiger partial charge is 0.195 e. The minimum atomic E-state index is -2.93. The molecule has 0 aliphatic carbocycles. The second-order valence-electron chi connectivity index (χ2n) is 2.31. The lowest BCUT2D eigenvalue weighted by Crippen LogP contribution is -2.19. The molecule has 0 atom stereocenters. The average molecular weight is 148 g/mol. The zero-order chi connectivity index (χ0) is 6.48. The minimum absolute atomic E-state index is 0.721. The molecular weight excluding hydrogens is 140 g/mol. The zero-order valence-electron chi connectivity index (χ0n) is 4.95. The highest BCUT2D eigenvalue weighted by Crippen LogP contribution is 2.21. The van der Waals surface area contributed by atoms with Crippen molar-refractivity contribution in [1.29, 1.82) is 0 Å². The van der Waals surface area contributed by atoms with E-state index in [-0.39, 0.29) is 0 Å². The van der Waals surface area contributed by atoms with Crippen LogP contribution < -0.4 is 0 Å². The fraction of sp³-hybridized carbons (Fsp3) is 1.00. The van der Waals surface area contributed by atoms with Crippen LogP contribution in [-0.2, 0) is 10.2 Å². The fourth-order valence-corrected chi connectivity index (χ4v) is 2.12. The van der Waals surface area contributed by atoms with Gasteiger partial charge in [-0.3, -0.25) is 0 Å². The molecule has 0 amide bonds. The van der Waals surface area contributed by atoms with Crippen molar-refractivity contribution >= 4 is 10.2 Å². The quantitative estimate of drug-likeness (QED) is 0.464. The van der Waals surface area contributed by atoms with Gasteiger partial charge in [-0.25, -0.2) is 0 Å². The lowest BCUT2D eigenvalue weighted by Gasteiger charge is -2.00. The molecule has 2 fully saturated rings. The van der Waals surface area contributed by atoms with Gasteiger partial charge in [0.15, 0.2) is 0 Å². The molecule has 2 saturated heterocycles. The molecule has 2 aliphatic rings. The van der Waals surface area contributed by atoms with Crippen molar-refractivity contribution in [2.45, 2.75) is 0 Å². The van der Waals surface area contributed by atoms with Crippen molar-refractivity contribution < 1.29 is 8.42 Å². The van der Waals surface area contributed by atoms with Crippen LogP contribution in [0.25, 0.3) is 0 Å². The van der Waals surface area contributed by atoms with Gasteiger partial charge in [0.05, 0.1) is 0 Å². The fourth-order valence-electron chi connectivity index (χ4n) is 0.706. The Kier molecular flexibility index (Phi) is 0.924. The Morgan fingerprint density at radius 3 is 1.44 bits per heavy atom. The maximum absolute atomic E-state index is 11.0. The molecule has 0 radical (unpaired) electrons. The number of hydrogen-bond acceptors (Lipinski definition) is 2. The number of rotatable bonds is 2. The van der Waals surface area contributed by atoms with Gasteiger partial charge in [-0.15, -0.1) is 0 Å². The molecule has 0 unspecified atom stereocenters. The first-order valence-corrected chi connectivity index (χ1v) is 4.36. The molecule has 0 saturated carbocycles. The van der Waals surface area contributed by atoms with Crippen molar-refractivity contribution in [3.05, 3.63) is 0 Å². The van der Waals surface area contributed by atoms with E-state index in [1.165, 1.54) is 8.61 Å². The molecule has 4 nitrogen and oxygen atoms in total. The first kappa shape index (κ1) is 5.64. The summed E-state index contributed by atoms with van der Waals surface area (Å²) in [7, 11) is -2.93. The van der Waals surface area contributed by atoms with Gasteiger partial charge in [0, 0.05) is 26.2 Å². The monoisotopic (exact) mass is 148 g/mol. The molecule has 5 heteroatoms. The van der Waals surface area contributed by atoms with Crippen LogP contribution in [-0.4, -0.2) is 43.2 Å². The topological polar surface area (TPSA) is 40.2 Å². The lowest BCUT2D eigenvalue weighted by molar-refractivity contribution is 0.526. The van der Waals surface area contributed by atoms with Crippen LogP contribution in [0.2, 0.25) is 0 Å². The van der Waals surface area contributed by atoms with Gasteiger partial charge in [0.2, 0.25) is 0 Å². The van der Waals surface area contributed by atoms with Crippen LogP contribution in [0.1, 0.15) is 0 Å². The minimum Gasteiger partial charge on any atom is -0.195 e. The number of hydrogen-bond donors (Lipinski definition) is 0. The van der Waals surface area contributed by atoms with Crippen molar-refractivity contribution in [1.82, 2.24) is 8.61 Å². The predicted molar refractivity (Wildman–Crippen MR) is 32.1 cm³/mol. The molecule has 2 aliphatic heterocycles. The summed E-state index contributed by atoms with van der Waals surface area (Å²) in [6.45, 7) is 2.88. The molecule has 0 N–H and O–H groups in total. The third-order valence-electron chi connectivity index (χ3n) is 1.46. The lowest BCUT2D eigenvalue weighted by atomic mass is 11.0. The summed E-state index contributed by atoms with van der Waals surface area (Å²) in [4.78, 5) is 0. The average Bonchev–Trinajstić information content (AvgIpc) is 2.62. The van der Waals surface area contributed by atoms with Crippen molar-refractivity contribution in [3.8, 4) is 0 Å². The van der Waals surface area contributed by atoms with Gasteiger partial charge < -0.3 is 0 Å². The molecular formula is C4H8N2O2S. The van der Waals surface area contributed by atoms with E-state index in [9.17, 15) is 8.42 Å². The summed E-state index contributed by atoms with van der Waals surface area (Å²) in [6, 6.07) is 0. The third kappa shape index (κ3) is 0.849. The van der Waals surface area contributed by atoms with Gasteiger partial charge in [0.25, 0.3) is 10.2 Å². The summed E-state index contributed by atoms with van der Waals surface area (Å²) in [5.74, 6) is 0. The van der Waals surface area contributed by atoms with Crippen molar-refractivity contribution in [3.63, 3.8) is 0 Å². The maximum Gasteiger partial charge on any atom is 0.282 e. The van der Waals surface area contributed by atoms with Gasteiger partial charge in [-0.2, -0.15) is 17.0 Å². The van der Waals surface area contributed by atoms with Gasteiger partial charge >= 0.3 is 0 Å². The molecule has 0 bridgehead atoms. The largest absolute Gasteiger partial charge is 0.282 e. The Hall–Kier alpha value is -0.130. The van der Waals surface area contributed by atoms with Crippen LogP contribution in [0, 0.1) is 0 Å². The normalized spacial score (nSPS) is 28.4. The van der Waals surface area contributed by atoms with Crippen LogP contribution >= 0.6 is 0 Å². The van der Waals surface area contributed by atoms with E-state index in [1.54, 1.807) is 0 Å². The van der Waals surface area contributed by atoms with Crippen LogP contribution in [0.15, 0.2) is 0 Å². The van der Waals surface area contributed by atoms with E-state index in [1.807, 2.05) is 0 Å². The van der Waals surface area contributed by atoms with E-state index in [0.717, 1.165) is 26.2 Å². The Morgan fingerprint density at radius 2 is 1.22 bits per heavy atom. The van der Waals surface area contributed by atoms with Gasteiger partial charge in [-0.1, -0.05) is 0 Å². The summed E-state index contributed by atoms with van der Waals surface area (Å²) in [5, 5.41) is 0. The molecule has 0 spiro atoms. The van der Waals surface area contributed by atoms with Crippen molar-refractivity contribution in [2.75, 3.05) is 26.2 Å². The molecule has 9 heavy (non-hydrogen) atoms. The first-order valence-electron chi connectivity index (χ1n) is 2.96. The highest BCUT2D eigenvalue weighted by molar-refractivity contribution is 7.87. The van der Waals surface area contributed by atoms with Gasteiger partial charge in [-0.05, 0) is 0 Å². The molecule has 0 aromatic carbocycles. The summed E-state index contributed by atoms with van der Waals surface area (Å²) < 4.78 is 25.0. The Morgan fingerprint density at radius 1 is 0.889 bits per heavy atom. The van der Waals surface area contributed by atoms with Crippen LogP contribution in [0.4, 0.5) is 0 Å². The predicted octanol–water partition coefficient (Wildman–Crippen LogP) is -1.14. The first-order chi connectivity index (χ1) is 4.21. The highest BCUT2D eigenvalue weighted by atomic mass is 32.2. The van der Waals surface area contributed by atoms with E-state index in [0.29, 0.717) is 0 Å². The van der Waals surface area contributed by atoms with Gasteiger partial charge in [0.1, 0.15) is 0 Å². The highest BCUT2D eigenvalue weighted by Gasteiger charge is 2.41. The zero-order valence-corrected chi connectivity index (χ0v) is 5.76. The molecule has 0 aromatic heterocycles. The molecule has 2 heterocycles. The van der Waals surface area contributed by atoms with E-state index in [4.69, 9.17) is 0 Å². The molecule has 2 rings (SSSR count). The van der Waals surface area contributed by atoms with E-state index >= 15 is 0 Å². The van der Waals surface area contributed by atoms with E-state index < -0.39 is 10.2 Å². The number of nitrogens with zero attached hydrogens (tertiary/aromatic N) is 2. The SMILES string of the molecule is O=S(=O)(N1CC1)N1CC1.